The van der Waals surface area contributed by atoms with E-state index < -0.39 is 0 Å². The third-order valence-electron chi connectivity index (χ3n) is 4.43. The number of aryl methyl sites for hydroxylation is 1. The lowest BCUT2D eigenvalue weighted by atomic mass is 9.93. The third kappa shape index (κ3) is 2.93. The van der Waals surface area contributed by atoms with Crippen molar-refractivity contribution in [3.05, 3.63) is 29.8 Å². The highest BCUT2D eigenvalue weighted by molar-refractivity contribution is 5.54. The maximum Gasteiger partial charge on any atom is 0.0446 e. The van der Waals surface area contributed by atoms with Gasteiger partial charge in [0, 0.05) is 37.0 Å². The zero-order valence-corrected chi connectivity index (χ0v) is 12.6. The predicted molar refractivity (Wildman–Crippen MR) is 80.7 cm³/mol. The molecule has 1 aliphatic heterocycles. The molecule has 1 unspecified atom stereocenters. The number of benzene rings is 1. The van der Waals surface area contributed by atoms with Crippen molar-refractivity contribution < 1.29 is 5.11 Å². The number of likely N-dealkylation sites (N-methyl/N-ethyl adjacent to an activating group) is 1. The normalized spacial score (nSPS) is 23.6. The Hall–Kier alpha value is -1.06. The number of anilines is 1. The second-order valence-corrected chi connectivity index (χ2v) is 6.26. The molecule has 0 bridgehead atoms. The van der Waals surface area contributed by atoms with Crippen molar-refractivity contribution in [3.8, 4) is 0 Å². The van der Waals surface area contributed by atoms with Crippen LogP contribution in [0.3, 0.4) is 0 Å². The Bertz CT molecular complexity index is 431. The van der Waals surface area contributed by atoms with Crippen LogP contribution in [0.2, 0.25) is 0 Å². The number of nitrogens with zero attached hydrogens (tertiary/aromatic N) is 2. The summed E-state index contributed by atoms with van der Waals surface area (Å²) in [5.74, 6) is 0. The summed E-state index contributed by atoms with van der Waals surface area (Å²) >= 11 is 0. The maximum absolute atomic E-state index is 9.27. The van der Waals surface area contributed by atoms with Crippen molar-refractivity contribution in [1.82, 2.24) is 4.90 Å². The van der Waals surface area contributed by atoms with Crippen LogP contribution in [0.5, 0.6) is 0 Å². The molecule has 3 nitrogen and oxygen atoms in total. The van der Waals surface area contributed by atoms with Crippen LogP contribution in [-0.2, 0) is 0 Å². The number of aliphatic hydroxyl groups is 1. The van der Waals surface area contributed by atoms with Crippen LogP contribution in [0.1, 0.15) is 25.8 Å². The molecular weight excluding hydrogens is 236 g/mol. The third-order valence-corrected chi connectivity index (χ3v) is 4.43. The van der Waals surface area contributed by atoms with Gasteiger partial charge in [-0.15, -0.1) is 0 Å². The van der Waals surface area contributed by atoms with Crippen LogP contribution in [0.15, 0.2) is 24.3 Å². The van der Waals surface area contributed by atoms with Gasteiger partial charge in [-0.2, -0.15) is 0 Å². The van der Waals surface area contributed by atoms with Gasteiger partial charge in [-0.1, -0.05) is 18.2 Å². The molecule has 0 radical (unpaired) electrons. The van der Waals surface area contributed by atoms with Gasteiger partial charge >= 0.3 is 0 Å². The van der Waals surface area contributed by atoms with E-state index in [-0.39, 0.29) is 12.1 Å². The molecule has 1 aromatic carbocycles. The molecule has 1 fully saturated rings. The number of hydrogen-bond acceptors (Lipinski definition) is 3. The number of para-hydroxylation sites is 1. The molecule has 0 saturated carbocycles. The standard InChI is InChI=1S/C16H26N2O/c1-13-7-5-6-8-15(13)18-11-14(9-10-19)17(4)16(2,3)12-18/h5-8,14,19H,9-12H2,1-4H3. The molecule has 1 aliphatic rings. The largest absolute Gasteiger partial charge is 0.396 e. The first-order valence-corrected chi connectivity index (χ1v) is 7.10. The SMILES string of the molecule is Cc1ccccc1N1CC(CCO)N(C)C(C)(C)C1. The molecule has 1 aromatic rings. The van der Waals surface area contributed by atoms with Crippen LogP contribution in [-0.4, -0.2) is 48.3 Å². The van der Waals surface area contributed by atoms with E-state index in [9.17, 15) is 5.11 Å². The van der Waals surface area contributed by atoms with Gasteiger partial charge in [0.15, 0.2) is 0 Å². The molecule has 0 spiro atoms. The van der Waals surface area contributed by atoms with Crippen LogP contribution in [0.25, 0.3) is 0 Å². The lowest BCUT2D eigenvalue weighted by Crippen LogP contribution is -2.62. The first-order valence-electron chi connectivity index (χ1n) is 7.10. The van der Waals surface area contributed by atoms with E-state index >= 15 is 0 Å². The van der Waals surface area contributed by atoms with Crippen molar-refractivity contribution in [1.29, 1.82) is 0 Å². The van der Waals surface area contributed by atoms with Gasteiger partial charge in [0.2, 0.25) is 0 Å². The van der Waals surface area contributed by atoms with E-state index in [0.29, 0.717) is 6.04 Å². The van der Waals surface area contributed by atoms with E-state index in [1.807, 2.05) is 0 Å². The highest BCUT2D eigenvalue weighted by atomic mass is 16.3. The van der Waals surface area contributed by atoms with Gasteiger partial charge in [0.25, 0.3) is 0 Å². The molecule has 2 rings (SSSR count). The quantitative estimate of drug-likeness (QED) is 0.905. The van der Waals surface area contributed by atoms with Gasteiger partial charge in [0.05, 0.1) is 0 Å². The van der Waals surface area contributed by atoms with Gasteiger partial charge in [-0.3, -0.25) is 4.90 Å². The summed E-state index contributed by atoms with van der Waals surface area (Å²) in [6, 6.07) is 8.97. The summed E-state index contributed by atoms with van der Waals surface area (Å²) < 4.78 is 0. The first kappa shape index (κ1) is 14.4. The van der Waals surface area contributed by atoms with Crippen molar-refractivity contribution in [3.63, 3.8) is 0 Å². The number of hydrogen-bond donors (Lipinski definition) is 1. The van der Waals surface area contributed by atoms with Crippen LogP contribution in [0, 0.1) is 6.92 Å². The van der Waals surface area contributed by atoms with E-state index in [0.717, 1.165) is 19.5 Å². The zero-order valence-electron chi connectivity index (χ0n) is 12.6. The van der Waals surface area contributed by atoms with Gasteiger partial charge in [-0.05, 0) is 45.9 Å². The summed E-state index contributed by atoms with van der Waals surface area (Å²) in [7, 11) is 2.18. The van der Waals surface area contributed by atoms with E-state index in [4.69, 9.17) is 0 Å². The average molecular weight is 262 g/mol. The number of piperazine rings is 1. The lowest BCUT2D eigenvalue weighted by Gasteiger charge is -2.51. The Morgan fingerprint density at radius 3 is 2.63 bits per heavy atom. The van der Waals surface area contributed by atoms with E-state index in [1.165, 1.54) is 11.3 Å². The Kier molecular flexibility index (Phi) is 4.16. The minimum Gasteiger partial charge on any atom is -0.396 e. The molecule has 1 saturated heterocycles. The average Bonchev–Trinajstić information content (AvgIpc) is 2.35. The topological polar surface area (TPSA) is 26.7 Å². The Balaban J connectivity index is 2.25. The van der Waals surface area contributed by atoms with Gasteiger partial charge < -0.3 is 10.0 Å². The summed E-state index contributed by atoms with van der Waals surface area (Å²) in [6.07, 6.45) is 0.836. The van der Waals surface area contributed by atoms with Crippen molar-refractivity contribution in [2.75, 3.05) is 31.6 Å². The molecule has 1 heterocycles. The Labute approximate surface area is 116 Å². The Morgan fingerprint density at radius 1 is 1.32 bits per heavy atom. The van der Waals surface area contributed by atoms with Crippen LogP contribution in [0.4, 0.5) is 5.69 Å². The fraction of sp³-hybridized carbons (Fsp3) is 0.625. The predicted octanol–water partition coefficient (Wildman–Crippen LogP) is 2.28. The molecule has 1 atom stereocenters. The van der Waals surface area contributed by atoms with Gasteiger partial charge in [0.1, 0.15) is 0 Å². The summed E-state index contributed by atoms with van der Waals surface area (Å²) in [6.45, 7) is 9.00. The van der Waals surface area contributed by atoms with Crippen molar-refractivity contribution in [2.24, 2.45) is 0 Å². The minimum absolute atomic E-state index is 0.125. The molecule has 0 amide bonds. The maximum atomic E-state index is 9.27. The lowest BCUT2D eigenvalue weighted by molar-refractivity contribution is 0.0651. The number of rotatable bonds is 3. The van der Waals surface area contributed by atoms with E-state index in [2.05, 4.69) is 61.9 Å². The van der Waals surface area contributed by atoms with Crippen molar-refractivity contribution >= 4 is 5.69 Å². The molecule has 3 heteroatoms. The molecule has 1 N–H and O–H groups in total. The van der Waals surface area contributed by atoms with Crippen LogP contribution >= 0.6 is 0 Å². The molecule has 19 heavy (non-hydrogen) atoms. The summed E-state index contributed by atoms with van der Waals surface area (Å²) in [4.78, 5) is 4.88. The summed E-state index contributed by atoms with van der Waals surface area (Å²) in [5, 5.41) is 9.27. The second kappa shape index (κ2) is 5.51. The summed E-state index contributed by atoms with van der Waals surface area (Å²) in [5.41, 5.74) is 2.78. The first-order chi connectivity index (χ1) is 8.95. The van der Waals surface area contributed by atoms with E-state index in [1.54, 1.807) is 0 Å². The highest BCUT2D eigenvalue weighted by Gasteiger charge is 2.37. The minimum atomic E-state index is 0.125. The zero-order chi connectivity index (χ0) is 14.0. The molecule has 0 aliphatic carbocycles. The molecular formula is C16H26N2O. The van der Waals surface area contributed by atoms with Gasteiger partial charge in [-0.25, -0.2) is 0 Å². The Morgan fingerprint density at radius 2 is 2.00 bits per heavy atom. The fourth-order valence-electron chi connectivity index (χ4n) is 3.05. The fourth-order valence-corrected chi connectivity index (χ4v) is 3.05. The smallest absolute Gasteiger partial charge is 0.0446 e. The highest BCUT2D eigenvalue weighted by Crippen LogP contribution is 2.30. The second-order valence-electron chi connectivity index (χ2n) is 6.26. The molecule has 106 valence electrons. The molecule has 0 aromatic heterocycles. The van der Waals surface area contributed by atoms with Crippen molar-refractivity contribution in [2.45, 2.75) is 38.8 Å². The van der Waals surface area contributed by atoms with Crippen LogP contribution < -0.4 is 4.90 Å². The number of aliphatic hydroxyl groups excluding tert-OH is 1. The monoisotopic (exact) mass is 262 g/mol.